The van der Waals surface area contributed by atoms with Crippen LogP contribution >= 0.6 is 0 Å². The molecule has 8 heteroatoms. The fourth-order valence-electron chi connectivity index (χ4n) is 3.42. The fraction of sp³-hybridized carbons (Fsp3) is 0.722. The van der Waals surface area contributed by atoms with E-state index < -0.39 is 0 Å². The highest BCUT2D eigenvalue weighted by Crippen LogP contribution is 2.12. The third-order valence-electron chi connectivity index (χ3n) is 4.99. The molecule has 3 heterocycles. The normalized spacial score (nSPS) is 20.0. The minimum atomic E-state index is -0.119. The maximum Gasteiger partial charge on any atom is 0.244 e. The van der Waals surface area contributed by atoms with Gasteiger partial charge in [-0.25, -0.2) is 0 Å². The van der Waals surface area contributed by atoms with Gasteiger partial charge in [-0.2, -0.15) is 5.10 Å². The van der Waals surface area contributed by atoms with E-state index in [4.69, 9.17) is 4.74 Å². The molecule has 2 saturated heterocycles. The van der Waals surface area contributed by atoms with Gasteiger partial charge in [0, 0.05) is 44.8 Å². The third-order valence-corrected chi connectivity index (χ3v) is 4.99. The monoisotopic (exact) mass is 363 g/mol. The summed E-state index contributed by atoms with van der Waals surface area (Å²) in [6.07, 6.45) is 6.68. The molecule has 2 fully saturated rings. The third kappa shape index (κ3) is 5.28. The second kappa shape index (κ2) is 9.14. The number of hydrogen-bond donors (Lipinski definition) is 1. The number of carbonyl (C=O) groups is 2. The first-order valence-corrected chi connectivity index (χ1v) is 9.53. The number of nitrogens with zero attached hydrogens (tertiary/aromatic N) is 4. The van der Waals surface area contributed by atoms with Gasteiger partial charge in [0.15, 0.2) is 0 Å². The Morgan fingerprint density at radius 2 is 1.92 bits per heavy atom. The summed E-state index contributed by atoms with van der Waals surface area (Å²) in [6.45, 7) is 7.73. The molecule has 0 aliphatic carbocycles. The van der Waals surface area contributed by atoms with Gasteiger partial charge in [0.2, 0.25) is 11.8 Å². The summed E-state index contributed by atoms with van der Waals surface area (Å²) in [6, 6.07) is 0. The van der Waals surface area contributed by atoms with E-state index in [0.29, 0.717) is 5.69 Å². The lowest BCUT2D eigenvalue weighted by Crippen LogP contribution is -2.41. The molecule has 0 aromatic carbocycles. The van der Waals surface area contributed by atoms with Crippen molar-refractivity contribution >= 4 is 17.5 Å². The second-order valence-corrected chi connectivity index (χ2v) is 7.17. The molecule has 0 saturated carbocycles. The van der Waals surface area contributed by atoms with E-state index in [1.165, 1.54) is 6.42 Å². The topological polar surface area (TPSA) is 79.7 Å². The largest absolute Gasteiger partial charge is 0.379 e. The summed E-state index contributed by atoms with van der Waals surface area (Å²) in [5.74, 6) is -0.0591. The highest BCUT2D eigenvalue weighted by atomic mass is 16.5. The van der Waals surface area contributed by atoms with Crippen molar-refractivity contribution in [2.24, 2.45) is 5.92 Å². The molecule has 0 unspecified atom stereocenters. The molecular formula is C18H29N5O3. The van der Waals surface area contributed by atoms with Crippen molar-refractivity contribution in [1.29, 1.82) is 0 Å². The van der Waals surface area contributed by atoms with Crippen LogP contribution in [0.25, 0.3) is 0 Å². The fourth-order valence-corrected chi connectivity index (χ4v) is 3.42. The Kier molecular flexibility index (Phi) is 6.62. The molecule has 8 nitrogen and oxygen atoms in total. The molecule has 0 bridgehead atoms. The van der Waals surface area contributed by atoms with Crippen LogP contribution in [0.15, 0.2) is 12.4 Å². The van der Waals surface area contributed by atoms with Crippen LogP contribution in [0.1, 0.15) is 26.2 Å². The number of carbonyl (C=O) groups excluding carboxylic acids is 2. The zero-order valence-electron chi connectivity index (χ0n) is 15.5. The van der Waals surface area contributed by atoms with E-state index in [1.807, 2.05) is 11.8 Å². The lowest BCUT2D eigenvalue weighted by Gasteiger charge is -2.28. The lowest BCUT2D eigenvalue weighted by molar-refractivity contribution is -0.132. The number of aromatic nitrogens is 2. The molecule has 1 atom stereocenters. The molecule has 1 N–H and O–H groups in total. The van der Waals surface area contributed by atoms with Gasteiger partial charge >= 0.3 is 0 Å². The zero-order chi connectivity index (χ0) is 18.4. The Labute approximate surface area is 154 Å². The first-order chi connectivity index (χ1) is 12.6. The number of hydrogen-bond acceptors (Lipinski definition) is 5. The van der Waals surface area contributed by atoms with E-state index in [9.17, 15) is 9.59 Å². The van der Waals surface area contributed by atoms with Crippen molar-refractivity contribution in [3.05, 3.63) is 12.4 Å². The van der Waals surface area contributed by atoms with Gasteiger partial charge in [-0.3, -0.25) is 19.2 Å². The number of rotatable bonds is 6. The average Bonchev–Trinajstić information content (AvgIpc) is 3.10. The van der Waals surface area contributed by atoms with Gasteiger partial charge in [0.1, 0.15) is 6.54 Å². The predicted molar refractivity (Wildman–Crippen MR) is 97.7 cm³/mol. The number of nitrogens with one attached hydrogen (secondary N) is 1. The molecule has 26 heavy (non-hydrogen) atoms. The summed E-state index contributed by atoms with van der Waals surface area (Å²) in [5.41, 5.74) is 0.635. The Morgan fingerprint density at radius 3 is 2.65 bits per heavy atom. The zero-order valence-corrected chi connectivity index (χ0v) is 15.5. The Morgan fingerprint density at radius 1 is 1.19 bits per heavy atom. The minimum absolute atomic E-state index is 0.0293. The van der Waals surface area contributed by atoms with E-state index >= 15 is 0 Å². The molecule has 144 valence electrons. The summed E-state index contributed by atoms with van der Waals surface area (Å²) < 4.78 is 6.93. The quantitative estimate of drug-likeness (QED) is 0.809. The molecule has 2 aliphatic rings. The van der Waals surface area contributed by atoms with Gasteiger partial charge < -0.3 is 15.0 Å². The molecular weight excluding hydrogens is 334 g/mol. The van der Waals surface area contributed by atoms with Crippen LogP contribution in [-0.2, 0) is 20.9 Å². The van der Waals surface area contributed by atoms with Crippen molar-refractivity contribution in [1.82, 2.24) is 19.6 Å². The van der Waals surface area contributed by atoms with E-state index in [2.05, 4.69) is 15.3 Å². The van der Waals surface area contributed by atoms with Gasteiger partial charge in [0.25, 0.3) is 0 Å². The van der Waals surface area contributed by atoms with E-state index in [-0.39, 0.29) is 24.3 Å². The predicted octanol–water partition coefficient (Wildman–Crippen LogP) is 0.802. The summed E-state index contributed by atoms with van der Waals surface area (Å²) >= 11 is 0. The van der Waals surface area contributed by atoms with Crippen molar-refractivity contribution in [3.8, 4) is 0 Å². The number of amides is 2. The molecule has 1 aromatic heterocycles. The maximum absolute atomic E-state index is 12.4. The average molecular weight is 363 g/mol. The number of piperidine rings is 1. The number of anilines is 1. The maximum atomic E-state index is 12.4. The molecule has 0 spiro atoms. The van der Waals surface area contributed by atoms with Gasteiger partial charge in [-0.15, -0.1) is 0 Å². The van der Waals surface area contributed by atoms with Crippen LogP contribution in [-0.4, -0.2) is 77.3 Å². The summed E-state index contributed by atoms with van der Waals surface area (Å²) in [5, 5.41) is 7.11. The highest BCUT2D eigenvalue weighted by Gasteiger charge is 2.20. The smallest absolute Gasteiger partial charge is 0.244 e. The number of likely N-dealkylation sites (tertiary alicyclic amines) is 1. The van der Waals surface area contributed by atoms with Crippen LogP contribution < -0.4 is 5.32 Å². The standard InChI is InChI=1S/C18H29N5O3/c1-15(12-21-7-9-26-10-8-21)18(25)20-16-11-19-23(13-16)14-17(24)22-5-3-2-4-6-22/h11,13,15H,2-10,12,14H2,1H3,(H,20,25)/t15-/m0/s1. The lowest BCUT2D eigenvalue weighted by atomic mass is 10.1. The van der Waals surface area contributed by atoms with Crippen LogP contribution in [0.5, 0.6) is 0 Å². The molecule has 2 amide bonds. The van der Waals surface area contributed by atoms with E-state index in [1.54, 1.807) is 17.1 Å². The van der Waals surface area contributed by atoms with Crippen molar-refractivity contribution in [2.45, 2.75) is 32.7 Å². The van der Waals surface area contributed by atoms with Crippen molar-refractivity contribution in [2.75, 3.05) is 51.3 Å². The van der Waals surface area contributed by atoms with Crippen LogP contribution in [0.2, 0.25) is 0 Å². The van der Waals surface area contributed by atoms with Gasteiger partial charge in [-0.05, 0) is 19.3 Å². The van der Waals surface area contributed by atoms with Crippen LogP contribution in [0.3, 0.4) is 0 Å². The van der Waals surface area contributed by atoms with Gasteiger partial charge in [-0.1, -0.05) is 6.92 Å². The van der Waals surface area contributed by atoms with Crippen molar-refractivity contribution in [3.63, 3.8) is 0 Å². The summed E-state index contributed by atoms with van der Waals surface area (Å²) in [7, 11) is 0. The van der Waals surface area contributed by atoms with Crippen molar-refractivity contribution < 1.29 is 14.3 Å². The second-order valence-electron chi connectivity index (χ2n) is 7.17. The van der Waals surface area contributed by atoms with Crippen LogP contribution in [0, 0.1) is 5.92 Å². The first-order valence-electron chi connectivity index (χ1n) is 9.53. The minimum Gasteiger partial charge on any atom is -0.379 e. The first kappa shape index (κ1) is 18.8. The Hall–Kier alpha value is -1.93. The molecule has 2 aliphatic heterocycles. The SMILES string of the molecule is C[C@@H](CN1CCOCC1)C(=O)Nc1cnn(CC(=O)N2CCCCC2)c1. The van der Waals surface area contributed by atoms with E-state index in [0.717, 1.165) is 58.8 Å². The molecule has 0 radical (unpaired) electrons. The Balaban J connectivity index is 1.46. The number of ether oxygens (including phenoxy) is 1. The van der Waals surface area contributed by atoms with Gasteiger partial charge in [0.05, 0.1) is 25.1 Å². The van der Waals surface area contributed by atoms with Crippen LogP contribution in [0.4, 0.5) is 5.69 Å². The molecule has 3 rings (SSSR count). The molecule has 1 aromatic rings. The number of morpholine rings is 1. The summed E-state index contributed by atoms with van der Waals surface area (Å²) in [4.78, 5) is 28.8. The Bertz CT molecular complexity index is 606. The highest BCUT2D eigenvalue weighted by molar-refractivity contribution is 5.92.